The number of aryl methyl sites for hydroxylation is 1. The summed E-state index contributed by atoms with van der Waals surface area (Å²) in [4.78, 5) is 19.3. The average molecular weight is 515 g/mol. The number of amides is 1. The standard InChI is InChI=1S/C26H30N4O3S.ClH/c1-4-23-24(28-29-26(31)34-23)17-7-11-20-16(14-17)6-5-13-30(20)25(27-19-9-10-19)18-8-12-21(32-2)22(15-18)33-3;/h7-8,11-12,14-15,19,23H,4-6,9-10,13H2,1-3H3,(H,29,31);1H. The summed E-state index contributed by atoms with van der Waals surface area (Å²) in [7, 11) is 3.31. The van der Waals surface area contributed by atoms with Gasteiger partial charge in [0.15, 0.2) is 11.5 Å². The molecule has 35 heavy (non-hydrogen) atoms. The van der Waals surface area contributed by atoms with E-state index in [1.54, 1.807) is 14.2 Å². The van der Waals surface area contributed by atoms with E-state index in [0.29, 0.717) is 17.5 Å². The highest BCUT2D eigenvalue weighted by Gasteiger charge is 2.29. The fourth-order valence-electron chi connectivity index (χ4n) is 4.54. The number of fused-ring (bicyclic) bond motifs is 1. The number of amidine groups is 1. The number of methoxy groups -OCH3 is 2. The number of carbonyl (C=O) groups excluding carboxylic acids is 1. The first-order chi connectivity index (χ1) is 16.6. The maximum atomic E-state index is 11.8. The molecule has 1 saturated carbocycles. The SMILES string of the molecule is CCC1SC(=O)NN=C1c1ccc2c(c1)CCCN2C(=NC1CC1)c1ccc(OC)c(OC)c1.Cl. The molecule has 7 nitrogen and oxygen atoms in total. The molecule has 186 valence electrons. The minimum Gasteiger partial charge on any atom is -0.493 e. The molecular weight excluding hydrogens is 484 g/mol. The van der Waals surface area contributed by atoms with E-state index in [4.69, 9.17) is 14.5 Å². The molecule has 1 amide bonds. The quantitative estimate of drug-likeness (QED) is 0.411. The first kappa shape index (κ1) is 25.4. The van der Waals surface area contributed by atoms with Crippen LogP contribution in [0.15, 0.2) is 46.5 Å². The number of ether oxygens (including phenoxy) is 2. The lowest BCUT2D eigenvalue weighted by molar-refractivity contribution is 0.260. The van der Waals surface area contributed by atoms with Crippen LogP contribution >= 0.6 is 24.2 Å². The Labute approximate surface area is 216 Å². The fraction of sp³-hybridized carbons (Fsp3) is 0.423. The molecule has 1 aliphatic carbocycles. The fourth-order valence-corrected chi connectivity index (χ4v) is 5.37. The highest BCUT2D eigenvalue weighted by atomic mass is 35.5. The Bertz CT molecular complexity index is 1170. The van der Waals surface area contributed by atoms with Crippen LogP contribution in [0.2, 0.25) is 0 Å². The van der Waals surface area contributed by atoms with Gasteiger partial charge < -0.3 is 14.4 Å². The number of nitrogens with zero attached hydrogens (tertiary/aromatic N) is 3. The monoisotopic (exact) mass is 514 g/mol. The molecule has 0 radical (unpaired) electrons. The maximum Gasteiger partial charge on any atom is 0.299 e. The Morgan fingerprint density at radius 1 is 1.17 bits per heavy atom. The summed E-state index contributed by atoms with van der Waals surface area (Å²) in [5, 5.41) is 4.39. The Kier molecular flexibility index (Phi) is 7.91. The molecule has 1 N–H and O–H groups in total. The van der Waals surface area contributed by atoms with Crippen LogP contribution in [0.3, 0.4) is 0 Å². The molecule has 2 aliphatic heterocycles. The zero-order valence-electron chi connectivity index (χ0n) is 20.2. The molecule has 0 saturated heterocycles. The number of aliphatic imine (C=N–C) groups is 1. The van der Waals surface area contributed by atoms with Crippen molar-refractivity contribution in [3.05, 3.63) is 53.1 Å². The van der Waals surface area contributed by atoms with Gasteiger partial charge in [-0.1, -0.05) is 24.8 Å². The van der Waals surface area contributed by atoms with E-state index in [2.05, 4.69) is 46.6 Å². The summed E-state index contributed by atoms with van der Waals surface area (Å²) < 4.78 is 11.0. The largest absolute Gasteiger partial charge is 0.493 e. The van der Waals surface area contributed by atoms with Gasteiger partial charge in [0.2, 0.25) is 0 Å². The number of halogens is 1. The average Bonchev–Trinajstić information content (AvgIpc) is 3.70. The van der Waals surface area contributed by atoms with Gasteiger partial charge in [0.25, 0.3) is 5.24 Å². The van der Waals surface area contributed by atoms with Crippen LogP contribution < -0.4 is 19.8 Å². The molecule has 1 unspecified atom stereocenters. The molecule has 5 rings (SSSR count). The first-order valence-electron chi connectivity index (χ1n) is 11.9. The number of thioether (sulfide) groups is 1. The Balaban J connectivity index is 0.00000289. The summed E-state index contributed by atoms with van der Waals surface area (Å²) in [5.74, 6) is 2.40. The van der Waals surface area contributed by atoms with Gasteiger partial charge in [0.1, 0.15) is 5.84 Å². The molecule has 1 fully saturated rings. The van der Waals surface area contributed by atoms with Crippen LogP contribution in [0.5, 0.6) is 11.5 Å². The molecule has 2 aromatic rings. The van der Waals surface area contributed by atoms with Gasteiger partial charge in [0.05, 0.1) is 31.2 Å². The van der Waals surface area contributed by atoms with Crippen molar-refractivity contribution in [2.75, 3.05) is 25.7 Å². The lowest BCUT2D eigenvalue weighted by Crippen LogP contribution is -2.37. The van der Waals surface area contributed by atoms with E-state index in [1.165, 1.54) is 23.0 Å². The third-order valence-electron chi connectivity index (χ3n) is 6.44. The van der Waals surface area contributed by atoms with Crippen LogP contribution in [-0.2, 0) is 6.42 Å². The summed E-state index contributed by atoms with van der Waals surface area (Å²) in [5.41, 5.74) is 8.15. The van der Waals surface area contributed by atoms with Gasteiger partial charge in [-0.25, -0.2) is 5.43 Å². The van der Waals surface area contributed by atoms with Crippen molar-refractivity contribution in [3.8, 4) is 11.5 Å². The third-order valence-corrected chi connectivity index (χ3v) is 7.58. The summed E-state index contributed by atoms with van der Waals surface area (Å²) in [6.45, 7) is 3.01. The lowest BCUT2D eigenvalue weighted by Gasteiger charge is -2.33. The topological polar surface area (TPSA) is 75.5 Å². The van der Waals surface area contributed by atoms with Crippen LogP contribution in [0, 0.1) is 0 Å². The van der Waals surface area contributed by atoms with Crippen LogP contribution in [-0.4, -0.2) is 48.8 Å². The molecular formula is C26H31ClN4O3S. The molecule has 0 aromatic heterocycles. The minimum atomic E-state index is -0.0874. The van der Waals surface area contributed by atoms with Crippen LogP contribution in [0.1, 0.15) is 49.3 Å². The second-order valence-corrected chi connectivity index (χ2v) is 9.94. The summed E-state index contributed by atoms with van der Waals surface area (Å²) >= 11 is 1.32. The molecule has 2 aromatic carbocycles. The van der Waals surface area contributed by atoms with E-state index in [1.807, 2.05) is 12.1 Å². The lowest BCUT2D eigenvalue weighted by atomic mass is 9.95. The molecule has 9 heteroatoms. The maximum absolute atomic E-state index is 11.8. The zero-order chi connectivity index (χ0) is 23.7. The van der Waals surface area contributed by atoms with E-state index in [0.717, 1.165) is 61.3 Å². The van der Waals surface area contributed by atoms with Gasteiger partial charge in [0, 0.05) is 17.8 Å². The van der Waals surface area contributed by atoms with Gasteiger partial charge in [-0.3, -0.25) is 9.79 Å². The highest BCUT2D eigenvalue weighted by Crippen LogP contribution is 2.35. The van der Waals surface area contributed by atoms with Crippen molar-refractivity contribution in [2.45, 2.75) is 50.3 Å². The van der Waals surface area contributed by atoms with Crippen molar-refractivity contribution < 1.29 is 14.3 Å². The number of nitrogens with one attached hydrogen (secondary N) is 1. The molecule has 0 spiro atoms. The Hall–Kier alpha value is -2.71. The molecule has 3 aliphatic rings. The van der Waals surface area contributed by atoms with Crippen LogP contribution in [0.25, 0.3) is 0 Å². The normalized spacial score (nSPS) is 19.8. The van der Waals surface area contributed by atoms with Gasteiger partial charge in [-0.05, 0) is 73.6 Å². The highest BCUT2D eigenvalue weighted by molar-refractivity contribution is 8.14. The number of hydrogen-bond acceptors (Lipinski definition) is 6. The van der Waals surface area contributed by atoms with Gasteiger partial charge >= 0.3 is 0 Å². The van der Waals surface area contributed by atoms with Crippen molar-refractivity contribution >= 4 is 46.6 Å². The van der Waals surface area contributed by atoms with Crippen molar-refractivity contribution in [1.29, 1.82) is 0 Å². The smallest absolute Gasteiger partial charge is 0.299 e. The van der Waals surface area contributed by atoms with E-state index >= 15 is 0 Å². The van der Waals surface area contributed by atoms with E-state index in [9.17, 15) is 4.79 Å². The Morgan fingerprint density at radius 3 is 2.69 bits per heavy atom. The first-order valence-corrected chi connectivity index (χ1v) is 12.7. The summed E-state index contributed by atoms with van der Waals surface area (Å²) in [6, 6.07) is 13.0. The number of anilines is 1. The van der Waals surface area contributed by atoms with E-state index < -0.39 is 0 Å². The predicted molar refractivity (Wildman–Crippen MR) is 145 cm³/mol. The summed E-state index contributed by atoms with van der Waals surface area (Å²) in [6.07, 6.45) is 5.18. The second-order valence-electron chi connectivity index (χ2n) is 8.76. The van der Waals surface area contributed by atoms with Crippen molar-refractivity contribution in [3.63, 3.8) is 0 Å². The number of hydrogen-bond donors (Lipinski definition) is 1. The number of hydrazone groups is 1. The van der Waals surface area contributed by atoms with Crippen molar-refractivity contribution in [2.24, 2.45) is 10.1 Å². The number of rotatable bonds is 6. The Morgan fingerprint density at radius 2 is 1.97 bits per heavy atom. The number of benzene rings is 2. The minimum absolute atomic E-state index is 0. The van der Waals surface area contributed by atoms with Crippen LogP contribution in [0.4, 0.5) is 10.5 Å². The van der Waals surface area contributed by atoms with E-state index in [-0.39, 0.29) is 22.9 Å². The van der Waals surface area contributed by atoms with Gasteiger partial charge in [-0.15, -0.1) is 12.4 Å². The molecule has 0 bridgehead atoms. The third kappa shape index (κ3) is 5.28. The second kappa shape index (κ2) is 10.9. The predicted octanol–water partition coefficient (Wildman–Crippen LogP) is 5.43. The zero-order valence-corrected chi connectivity index (χ0v) is 21.9. The molecule has 2 heterocycles. The van der Waals surface area contributed by atoms with Crippen molar-refractivity contribution in [1.82, 2.24) is 5.43 Å². The molecule has 1 atom stereocenters. The van der Waals surface area contributed by atoms with Gasteiger partial charge in [-0.2, -0.15) is 5.10 Å². The number of carbonyl (C=O) groups is 1.